The lowest BCUT2D eigenvalue weighted by atomic mass is 10.0. The fourth-order valence-corrected chi connectivity index (χ4v) is 3.72. The highest BCUT2D eigenvalue weighted by Crippen LogP contribution is 2.31. The Morgan fingerprint density at radius 3 is 2.45 bits per heavy atom. The van der Waals surface area contributed by atoms with Crippen molar-refractivity contribution in [2.45, 2.75) is 33.6 Å². The number of ether oxygens (including phenoxy) is 1. The van der Waals surface area contributed by atoms with Crippen molar-refractivity contribution in [1.29, 1.82) is 0 Å². The van der Waals surface area contributed by atoms with Crippen molar-refractivity contribution in [1.82, 2.24) is 14.6 Å². The molecule has 2 heterocycles. The fourth-order valence-electron chi connectivity index (χ4n) is 3.72. The molecule has 2 aromatic heterocycles. The molecule has 0 fully saturated rings. The molecule has 0 amide bonds. The van der Waals surface area contributed by atoms with Crippen LogP contribution in [-0.4, -0.2) is 21.7 Å². The average Bonchev–Trinajstić information content (AvgIpc) is 3.16. The Kier molecular flexibility index (Phi) is 5.21. The predicted molar refractivity (Wildman–Crippen MR) is 118 cm³/mol. The summed E-state index contributed by atoms with van der Waals surface area (Å²) >= 11 is 0. The van der Waals surface area contributed by atoms with Gasteiger partial charge in [0.15, 0.2) is 5.65 Å². The Morgan fingerprint density at radius 1 is 1.03 bits per heavy atom. The number of anilines is 2. The highest BCUT2D eigenvalue weighted by molar-refractivity contribution is 5.78. The zero-order valence-electron chi connectivity index (χ0n) is 17.4. The minimum absolute atomic E-state index is 0.793. The number of benzene rings is 2. The van der Waals surface area contributed by atoms with Gasteiger partial charge in [-0.1, -0.05) is 43.7 Å². The number of fused-ring (bicyclic) bond motifs is 1. The topological polar surface area (TPSA) is 51.5 Å². The second-order valence-electron chi connectivity index (χ2n) is 7.17. The number of rotatable bonds is 6. The van der Waals surface area contributed by atoms with E-state index in [0.29, 0.717) is 0 Å². The smallest absolute Gasteiger partial charge is 0.165 e. The maximum Gasteiger partial charge on any atom is 0.165 e. The van der Waals surface area contributed by atoms with Gasteiger partial charge in [-0.3, -0.25) is 0 Å². The van der Waals surface area contributed by atoms with Gasteiger partial charge in [0, 0.05) is 17.4 Å². The minimum atomic E-state index is 0.793. The molecule has 0 spiro atoms. The summed E-state index contributed by atoms with van der Waals surface area (Å²) in [5.74, 6) is 1.78. The first-order valence-corrected chi connectivity index (χ1v) is 10.0. The van der Waals surface area contributed by atoms with E-state index in [1.807, 2.05) is 23.0 Å². The first kappa shape index (κ1) is 19.0. The number of hydrogen-bond donors (Lipinski definition) is 1. The molecule has 0 saturated carbocycles. The summed E-state index contributed by atoms with van der Waals surface area (Å²) in [4.78, 5) is 4.85. The van der Waals surface area contributed by atoms with Crippen LogP contribution in [0.5, 0.6) is 5.75 Å². The summed E-state index contributed by atoms with van der Waals surface area (Å²) in [5.41, 5.74) is 7.61. The molecule has 4 aromatic rings. The van der Waals surface area contributed by atoms with Gasteiger partial charge in [0.25, 0.3) is 0 Å². The molecule has 0 radical (unpaired) electrons. The van der Waals surface area contributed by atoms with E-state index in [4.69, 9.17) is 9.72 Å². The Hall–Kier alpha value is -3.34. The summed E-state index contributed by atoms with van der Waals surface area (Å²) in [6, 6.07) is 14.6. The van der Waals surface area contributed by atoms with Crippen molar-refractivity contribution < 1.29 is 4.74 Å². The third kappa shape index (κ3) is 3.68. The van der Waals surface area contributed by atoms with Crippen LogP contribution in [0, 0.1) is 6.92 Å². The molecule has 4 rings (SSSR count). The van der Waals surface area contributed by atoms with Crippen molar-refractivity contribution in [3.8, 4) is 16.9 Å². The zero-order valence-corrected chi connectivity index (χ0v) is 17.4. The van der Waals surface area contributed by atoms with E-state index in [1.54, 1.807) is 7.11 Å². The van der Waals surface area contributed by atoms with Crippen molar-refractivity contribution in [3.05, 3.63) is 71.5 Å². The standard InChI is InChI=1S/C24H26N4O/c1-5-17-13-20(14-18(6-2)23(17)29-4)26-22-10-11-28-24(27-22)21(15-25-28)19-9-7-8-16(3)12-19/h7-15H,5-6H2,1-4H3,(H,26,27). The van der Waals surface area contributed by atoms with Gasteiger partial charge < -0.3 is 10.1 Å². The van der Waals surface area contributed by atoms with E-state index >= 15 is 0 Å². The number of nitrogens with zero attached hydrogens (tertiary/aromatic N) is 3. The average molecular weight is 386 g/mol. The van der Waals surface area contributed by atoms with E-state index in [-0.39, 0.29) is 0 Å². The Balaban J connectivity index is 1.73. The number of nitrogens with one attached hydrogen (secondary N) is 1. The third-order valence-electron chi connectivity index (χ3n) is 5.18. The largest absolute Gasteiger partial charge is 0.496 e. The van der Waals surface area contributed by atoms with Gasteiger partial charge in [0.2, 0.25) is 0 Å². The van der Waals surface area contributed by atoms with Crippen LogP contribution in [0.4, 0.5) is 11.5 Å². The molecule has 2 aromatic carbocycles. The normalized spacial score (nSPS) is 11.0. The second-order valence-corrected chi connectivity index (χ2v) is 7.17. The zero-order chi connectivity index (χ0) is 20.4. The SMILES string of the molecule is CCc1cc(Nc2ccn3ncc(-c4cccc(C)c4)c3n2)cc(CC)c1OC. The Labute approximate surface area is 171 Å². The molecule has 5 heteroatoms. The van der Waals surface area contributed by atoms with Crippen LogP contribution in [-0.2, 0) is 12.8 Å². The molecule has 0 bridgehead atoms. The van der Waals surface area contributed by atoms with Crippen LogP contribution in [0.15, 0.2) is 54.9 Å². The fraction of sp³-hybridized carbons (Fsp3) is 0.250. The van der Waals surface area contributed by atoms with Gasteiger partial charge >= 0.3 is 0 Å². The summed E-state index contributed by atoms with van der Waals surface area (Å²) < 4.78 is 7.44. The van der Waals surface area contributed by atoms with Gasteiger partial charge in [-0.25, -0.2) is 9.50 Å². The number of methoxy groups -OCH3 is 1. The van der Waals surface area contributed by atoms with Gasteiger partial charge in [-0.05, 0) is 54.7 Å². The lowest BCUT2D eigenvalue weighted by Gasteiger charge is -2.15. The van der Waals surface area contributed by atoms with E-state index in [2.05, 4.69) is 67.6 Å². The summed E-state index contributed by atoms with van der Waals surface area (Å²) in [7, 11) is 1.74. The maximum atomic E-state index is 5.63. The van der Waals surface area contributed by atoms with Crippen molar-refractivity contribution in [2.24, 2.45) is 0 Å². The van der Waals surface area contributed by atoms with E-state index in [1.165, 1.54) is 16.7 Å². The molecule has 0 aliphatic rings. The van der Waals surface area contributed by atoms with Crippen LogP contribution < -0.4 is 10.1 Å². The number of aromatic nitrogens is 3. The molecule has 0 saturated heterocycles. The molecule has 148 valence electrons. The van der Waals surface area contributed by atoms with E-state index < -0.39 is 0 Å². The van der Waals surface area contributed by atoms with Gasteiger partial charge in [0.1, 0.15) is 11.6 Å². The monoisotopic (exact) mass is 386 g/mol. The van der Waals surface area contributed by atoms with E-state index in [9.17, 15) is 0 Å². The van der Waals surface area contributed by atoms with Crippen molar-refractivity contribution in [2.75, 3.05) is 12.4 Å². The van der Waals surface area contributed by atoms with Gasteiger partial charge in [-0.2, -0.15) is 5.10 Å². The molecule has 0 aliphatic carbocycles. The Bertz CT molecular complexity index is 1140. The van der Waals surface area contributed by atoms with Crippen LogP contribution in [0.25, 0.3) is 16.8 Å². The predicted octanol–water partition coefficient (Wildman–Crippen LogP) is 5.58. The van der Waals surface area contributed by atoms with E-state index in [0.717, 1.165) is 46.9 Å². The maximum absolute atomic E-state index is 5.63. The molecular weight excluding hydrogens is 360 g/mol. The van der Waals surface area contributed by atoms with Crippen LogP contribution in [0.1, 0.15) is 30.5 Å². The van der Waals surface area contributed by atoms with Gasteiger partial charge in [0.05, 0.1) is 13.3 Å². The van der Waals surface area contributed by atoms with Gasteiger partial charge in [-0.15, -0.1) is 0 Å². The lowest BCUT2D eigenvalue weighted by molar-refractivity contribution is 0.405. The molecule has 0 atom stereocenters. The van der Waals surface area contributed by atoms with Crippen LogP contribution in [0.2, 0.25) is 0 Å². The molecule has 0 aliphatic heterocycles. The van der Waals surface area contributed by atoms with Crippen molar-refractivity contribution in [3.63, 3.8) is 0 Å². The number of aryl methyl sites for hydroxylation is 3. The molecule has 5 nitrogen and oxygen atoms in total. The first-order valence-electron chi connectivity index (χ1n) is 10.0. The highest BCUT2D eigenvalue weighted by Gasteiger charge is 2.12. The minimum Gasteiger partial charge on any atom is -0.496 e. The molecule has 29 heavy (non-hydrogen) atoms. The molecule has 1 N–H and O–H groups in total. The number of hydrogen-bond acceptors (Lipinski definition) is 4. The Morgan fingerprint density at radius 2 is 1.79 bits per heavy atom. The molecule has 0 unspecified atom stereocenters. The third-order valence-corrected chi connectivity index (χ3v) is 5.18. The lowest BCUT2D eigenvalue weighted by Crippen LogP contribution is -2.01. The summed E-state index contributed by atoms with van der Waals surface area (Å²) in [6.45, 7) is 6.38. The van der Waals surface area contributed by atoms with Crippen molar-refractivity contribution >= 4 is 17.2 Å². The summed E-state index contributed by atoms with van der Waals surface area (Å²) in [5, 5.41) is 7.93. The highest BCUT2D eigenvalue weighted by atomic mass is 16.5. The summed E-state index contributed by atoms with van der Waals surface area (Å²) in [6.07, 6.45) is 5.64. The first-order chi connectivity index (χ1) is 14.1. The van der Waals surface area contributed by atoms with Crippen LogP contribution >= 0.6 is 0 Å². The molecular formula is C24H26N4O. The van der Waals surface area contributed by atoms with Crippen LogP contribution in [0.3, 0.4) is 0 Å². The quantitative estimate of drug-likeness (QED) is 0.470. The second kappa shape index (κ2) is 7.95.